The van der Waals surface area contributed by atoms with Gasteiger partial charge in [-0.05, 0) is 26.1 Å². The highest BCUT2D eigenvalue weighted by Gasteiger charge is 2.20. The van der Waals surface area contributed by atoms with Crippen LogP contribution in [0.4, 0.5) is 0 Å². The number of furan rings is 1. The Morgan fingerprint density at radius 1 is 1.56 bits per heavy atom. The van der Waals surface area contributed by atoms with Gasteiger partial charge in [0.15, 0.2) is 0 Å². The van der Waals surface area contributed by atoms with Crippen LogP contribution in [0.2, 0.25) is 0 Å². The second-order valence-corrected chi connectivity index (χ2v) is 3.96. The fourth-order valence-corrected chi connectivity index (χ4v) is 1.34. The molecule has 1 amide bonds. The van der Waals surface area contributed by atoms with Crippen LogP contribution < -0.4 is 5.32 Å². The van der Waals surface area contributed by atoms with Gasteiger partial charge < -0.3 is 14.5 Å². The van der Waals surface area contributed by atoms with E-state index >= 15 is 0 Å². The van der Waals surface area contributed by atoms with Crippen molar-refractivity contribution in [3.8, 4) is 0 Å². The molecule has 0 spiro atoms. The highest BCUT2D eigenvalue weighted by atomic mass is 16.5. The summed E-state index contributed by atoms with van der Waals surface area (Å²) in [6.07, 6.45) is 1.55. The van der Waals surface area contributed by atoms with Crippen LogP contribution in [-0.4, -0.2) is 43.5 Å². The van der Waals surface area contributed by atoms with Crippen molar-refractivity contribution in [3.05, 3.63) is 24.2 Å². The van der Waals surface area contributed by atoms with Crippen molar-refractivity contribution < 1.29 is 18.7 Å². The zero-order valence-corrected chi connectivity index (χ0v) is 10.8. The normalized spacial score (nSPS) is 12.2. The van der Waals surface area contributed by atoms with Crippen LogP contribution in [0, 0.1) is 0 Å². The maximum atomic E-state index is 11.8. The predicted octanol–water partition coefficient (Wildman–Crippen LogP) is 0.389. The molecule has 1 atom stereocenters. The fraction of sp³-hybridized carbons (Fsp3) is 0.500. The number of rotatable bonds is 6. The first-order valence-corrected chi connectivity index (χ1v) is 5.61. The van der Waals surface area contributed by atoms with Crippen molar-refractivity contribution in [2.24, 2.45) is 0 Å². The van der Waals surface area contributed by atoms with Gasteiger partial charge in [0.25, 0.3) is 0 Å². The fourth-order valence-electron chi connectivity index (χ4n) is 1.34. The summed E-state index contributed by atoms with van der Waals surface area (Å²) in [5, 5.41) is 2.73. The molecule has 18 heavy (non-hydrogen) atoms. The molecule has 0 saturated carbocycles. The largest absolute Gasteiger partial charge is 0.468 e. The Morgan fingerprint density at radius 2 is 2.28 bits per heavy atom. The minimum absolute atomic E-state index is 0.0752. The predicted molar refractivity (Wildman–Crippen MR) is 64.7 cm³/mol. The lowest BCUT2D eigenvalue weighted by atomic mass is 10.2. The van der Waals surface area contributed by atoms with E-state index in [9.17, 15) is 9.59 Å². The van der Waals surface area contributed by atoms with Crippen molar-refractivity contribution >= 4 is 11.9 Å². The smallest absolute Gasteiger partial charge is 0.319 e. The molecule has 0 aliphatic rings. The summed E-state index contributed by atoms with van der Waals surface area (Å²) in [5.74, 6) is 0.146. The third kappa shape index (κ3) is 4.21. The highest BCUT2D eigenvalue weighted by molar-refractivity contribution is 5.82. The van der Waals surface area contributed by atoms with Gasteiger partial charge in [-0.1, -0.05) is 0 Å². The van der Waals surface area contributed by atoms with E-state index in [4.69, 9.17) is 4.42 Å². The number of hydrogen-bond donors (Lipinski definition) is 1. The summed E-state index contributed by atoms with van der Waals surface area (Å²) in [6.45, 7) is 2.13. The minimum atomic E-state index is -0.418. The third-order valence-corrected chi connectivity index (χ3v) is 2.66. The van der Waals surface area contributed by atoms with Crippen LogP contribution >= 0.6 is 0 Å². The Kier molecular flexibility index (Phi) is 5.38. The first kappa shape index (κ1) is 14.2. The molecule has 0 radical (unpaired) electrons. The molecule has 1 rings (SSSR count). The molecule has 6 nitrogen and oxygen atoms in total. The van der Waals surface area contributed by atoms with Crippen LogP contribution in [0.25, 0.3) is 0 Å². The molecule has 0 aliphatic heterocycles. The molecule has 100 valence electrons. The molecule has 6 heteroatoms. The number of likely N-dealkylation sites (N-methyl/N-ethyl adjacent to an activating group) is 1. The number of esters is 1. The summed E-state index contributed by atoms with van der Waals surface area (Å²) < 4.78 is 9.65. The minimum Gasteiger partial charge on any atom is -0.468 e. The van der Waals surface area contributed by atoms with Gasteiger partial charge in [0.05, 0.1) is 32.5 Å². The highest BCUT2D eigenvalue weighted by Crippen LogP contribution is 2.01. The van der Waals surface area contributed by atoms with E-state index in [1.54, 1.807) is 37.3 Å². The topological polar surface area (TPSA) is 71.8 Å². The molecule has 0 bridgehead atoms. The second kappa shape index (κ2) is 6.80. The number of methoxy groups -OCH3 is 1. The lowest BCUT2D eigenvalue weighted by Gasteiger charge is -2.22. The Hall–Kier alpha value is -1.82. The Morgan fingerprint density at radius 3 is 2.83 bits per heavy atom. The van der Waals surface area contributed by atoms with Gasteiger partial charge in [0, 0.05) is 0 Å². The summed E-state index contributed by atoms with van der Waals surface area (Å²) in [7, 11) is 3.01. The van der Waals surface area contributed by atoms with Crippen molar-refractivity contribution in [2.45, 2.75) is 19.5 Å². The van der Waals surface area contributed by atoms with Gasteiger partial charge >= 0.3 is 5.97 Å². The Labute approximate surface area is 106 Å². The molecular formula is C12H18N2O4. The SMILES string of the molecule is COC(=O)CN(C)C(C)C(=O)NCc1ccco1. The van der Waals surface area contributed by atoms with Gasteiger partial charge in [-0.25, -0.2) is 0 Å². The Bertz CT molecular complexity index is 389. The number of carbonyl (C=O) groups is 2. The van der Waals surface area contributed by atoms with Gasteiger partial charge in [-0.2, -0.15) is 0 Å². The number of carbonyl (C=O) groups excluding carboxylic acids is 2. The van der Waals surface area contributed by atoms with E-state index in [2.05, 4.69) is 10.1 Å². The second-order valence-electron chi connectivity index (χ2n) is 3.96. The van der Waals surface area contributed by atoms with Crippen molar-refractivity contribution in [2.75, 3.05) is 20.7 Å². The molecule has 1 N–H and O–H groups in total. The van der Waals surface area contributed by atoms with E-state index < -0.39 is 6.04 Å². The van der Waals surface area contributed by atoms with E-state index in [0.29, 0.717) is 12.3 Å². The maximum absolute atomic E-state index is 11.8. The molecule has 1 aromatic rings. The first-order valence-electron chi connectivity index (χ1n) is 5.61. The summed E-state index contributed by atoms with van der Waals surface area (Å²) in [5.41, 5.74) is 0. The number of ether oxygens (including phenoxy) is 1. The maximum Gasteiger partial charge on any atom is 0.319 e. The third-order valence-electron chi connectivity index (χ3n) is 2.66. The molecule has 1 aromatic heterocycles. The van der Waals surface area contributed by atoms with Gasteiger partial charge in [0.1, 0.15) is 5.76 Å². The number of amides is 1. The van der Waals surface area contributed by atoms with Crippen LogP contribution in [0.15, 0.2) is 22.8 Å². The Balaban J connectivity index is 2.38. The van der Waals surface area contributed by atoms with E-state index in [1.165, 1.54) is 7.11 Å². The zero-order valence-electron chi connectivity index (χ0n) is 10.8. The lowest BCUT2D eigenvalue weighted by molar-refractivity contribution is -0.142. The van der Waals surface area contributed by atoms with Crippen molar-refractivity contribution in [1.82, 2.24) is 10.2 Å². The van der Waals surface area contributed by atoms with E-state index in [1.807, 2.05) is 0 Å². The quantitative estimate of drug-likeness (QED) is 0.743. The van der Waals surface area contributed by atoms with Crippen molar-refractivity contribution in [3.63, 3.8) is 0 Å². The number of nitrogens with one attached hydrogen (secondary N) is 1. The standard InChI is InChI=1S/C12H18N2O4/c1-9(14(2)8-11(15)17-3)12(16)13-7-10-5-4-6-18-10/h4-6,9H,7-8H2,1-3H3,(H,13,16). The number of hydrogen-bond acceptors (Lipinski definition) is 5. The van der Waals surface area contributed by atoms with E-state index in [-0.39, 0.29) is 18.4 Å². The van der Waals surface area contributed by atoms with Gasteiger partial charge in [-0.3, -0.25) is 14.5 Å². The molecule has 0 aliphatic carbocycles. The molecule has 1 unspecified atom stereocenters. The molecule has 0 fully saturated rings. The average molecular weight is 254 g/mol. The van der Waals surface area contributed by atoms with Gasteiger partial charge in [0.2, 0.25) is 5.91 Å². The van der Waals surface area contributed by atoms with Crippen molar-refractivity contribution in [1.29, 1.82) is 0 Å². The monoisotopic (exact) mass is 254 g/mol. The number of nitrogens with zero attached hydrogens (tertiary/aromatic N) is 1. The average Bonchev–Trinajstić information content (AvgIpc) is 2.87. The summed E-state index contributed by atoms with van der Waals surface area (Å²) >= 11 is 0. The summed E-state index contributed by atoms with van der Waals surface area (Å²) in [6, 6.07) is 3.12. The molecule has 0 saturated heterocycles. The lowest BCUT2D eigenvalue weighted by Crippen LogP contribution is -2.45. The van der Waals surface area contributed by atoms with Crippen LogP contribution in [0.5, 0.6) is 0 Å². The first-order chi connectivity index (χ1) is 8.54. The van der Waals surface area contributed by atoms with Crippen LogP contribution in [-0.2, 0) is 20.9 Å². The van der Waals surface area contributed by atoms with Gasteiger partial charge in [-0.15, -0.1) is 0 Å². The molecule has 1 heterocycles. The van der Waals surface area contributed by atoms with E-state index in [0.717, 1.165) is 0 Å². The summed E-state index contributed by atoms with van der Waals surface area (Å²) in [4.78, 5) is 24.5. The van der Waals surface area contributed by atoms with Crippen LogP contribution in [0.1, 0.15) is 12.7 Å². The molecule has 0 aromatic carbocycles. The zero-order chi connectivity index (χ0) is 13.5. The van der Waals surface area contributed by atoms with Crippen LogP contribution in [0.3, 0.4) is 0 Å². The molecular weight excluding hydrogens is 236 g/mol.